The number of benzene rings is 1. The molecule has 70 valence electrons. The highest BCUT2D eigenvalue weighted by Crippen LogP contribution is 2.11. The van der Waals surface area contributed by atoms with Crippen LogP contribution in [0.25, 0.3) is 0 Å². The fraction of sp³-hybridized carbons (Fsp3) is 0.455. The Bertz CT molecular complexity index is 244. The molecule has 2 rings (SSSR count). The van der Waals surface area contributed by atoms with Gasteiger partial charge in [-0.3, -0.25) is 0 Å². The van der Waals surface area contributed by atoms with Gasteiger partial charge in [0.05, 0.1) is 6.61 Å². The fourth-order valence-electron chi connectivity index (χ4n) is 1.43. The molecule has 13 heavy (non-hydrogen) atoms. The van der Waals surface area contributed by atoms with Crippen LogP contribution < -0.4 is 10.1 Å². The Kier molecular flexibility index (Phi) is 2.82. The molecule has 0 spiro atoms. The van der Waals surface area contributed by atoms with Crippen molar-refractivity contribution in [3.8, 4) is 5.75 Å². The lowest BCUT2D eigenvalue weighted by atomic mass is 10.0. The zero-order valence-corrected chi connectivity index (χ0v) is 7.70. The second-order valence-corrected chi connectivity index (χ2v) is 3.39. The van der Waals surface area contributed by atoms with Crippen molar-refractivity contribution in [2.24, 2.45) is 0 Å². The Labute approximate surface area is 78.9 Å². The van der Waals surface area contributed by atoms with E-state index in [0.29, 0.717) is 6.04 Å². The van der Waals surface area contributed by atoms with E-state index < -0.39 is 0 Å². The van der Waals surface area contributed by atoms with Gasteiger partial charge in [-0.1, -0.05) is 18.2 Å². The molecule has 1 heterocycles. The van der Waals surface area contributed by atoms with Crippen molar-refractivity contribution in [2.75, 3.05) is 13.2 Å². The van der Waals surface area contributed by atoms with E-state index in [2.05, 4.69) is 5.32 Å². The van der Waals surface area contributed by atoms with Crippen LogP contribution in [0.3, 0.4) is 0 Å². The Balaban J connectivity index is 1.67. The largest absolute Gasteiger partial charge is 0.494 e. The summed E-state index contributed by atoms with van der Waals surface area (Å²) in [7, 11) is 0. The molecule has 1 unspecified atom stereocenters. The molecule has 0 amide bonds. The molecule has 1 aromatic rings. The first-order chi connectivity index (χ1) is 6.45. The predicted molar refractivity (Wildman–Crippen MR) is 53.0 cm³/mol. The van der Waals surface area contributed by atoms with E-state index >= 15 is 0 Å². The lowest BCUT2D eigenvalue weighted by molar-refractivity contribution is 0.252. The van der Waals surface area contributed by atoms with Gasteiger partial charge in [-0.15, -0.1) is 0 Å². The second-order valence-electron chi connectivity index (χ2n) is 3.39. The van der Waals surface area contributed by atoms with Gasteiger partial charge in [0.2, 0.25) is 0 Å². The monoisotopic (exact) mass is 177 g/mol. The molecule has 1 atom stereocenters. The summed E-state index contributed by atoms with van der Waals surface area (Å²) in [5, 5.41) is 3.35. The summed E-state index contributed by atoms with van der Waals surface area (Å²) < 4.78 is 5.57. The average Bonchev–Trinajstić information content (AvgIpc) is 2.11. The minimum absolute atomic E-state index is 0.698. The summed E-state index contributed by atoms with van der Waals surface area (Å²) in [4.78, 5) is 0. The third-order valence-electron chi connectivity index (χ3n) is 2.40. The number of rotatable bonds is 4. The van der Waals surface area contributed by atoms with E-state index in [4.69, 9.17) is 4.74 Å². The maximum Gasteiger partial charge on any atom is 0.119 e. The van der Waals surface area contributed by atoms with E-state index in [0.717, 1.165) is 18.8 Å². The molecule has 2 heteroatoms. The number of hydrogen-bond acceptors (Lipinski definition) is 2. The Morgan fingerprint density at radius 3 is 2.69 bits per heavy atom. The van der Waals surface area contributed by atoms with Crippen molar-refractivity contribution in [3.63, 3.8) is 0 Å². The van der Waals surface area contributed by atoms with Crippen molar-refractivity contribution in [1.29, 1.82) is 0 Å². The van der Waals surface area contributed by atoms with E-state index in [1.807, 2.05) is 30.3 Å². The molecule has 1 aromatic carbocycles. The van der Waals surface area contributed by atoms with Gasteiger partial charge in [-0.25, -0.2) is 0 Å². The molecule has 2 nitrogen and oxygen atoms in total. The van der Waals surface area contributed by atoms with Gasteiger partial charge < -0.3 is 10.1 Å². The molecule has 0 bridgehead atoms. The van der Waals surface area contributed by atoms with Gasteiger partial charge in [0.1, 0.15) is 5.75 Å². The van der Waals surface area contributed by atoms with Crippen LogP contribution in [0.1, 0.15) is 12.8 Å². The summed E-state index contributed by atoms with van der Waals surface area (Å²) >= 11 is 0. The fourth-order valence-corrected chi connectivity index (χ4v) is 1.43. The second kappa shape index (κ2) is 4.28. The van der Waals surface area contributed by atoms with Gasteiger partial charge in [0, 0.05) is 6.04 Å². The highest BCUT2D eigenvalue weighted by atomic mass is 16.5. The highest BCUT2D eigenvalue weighted by molar-refractivity contribution is 5.20. The summed E-state index contributed by atoms with van der Waals surface area (Å²) in [5.74, 6) is 0.974. The average molecular weight is 177 g/mol. The maximum absolute atomic E-state index is 5.57. The summed E-state index contributed by atoms with van der Waals surface area (Å²) in [6.07, 6.45) is 2.42. The Hall–Kier alpha value is -1.02. The van der Waals surface area contributed by atoms with Crippen molar-refractivity contribution < 1.29 is 4.74 Å². The smallest absolute Gasteiger partial charge is 0.119 e. The van der Waals surface area contributed by atoms with E-state index in [9.17, 15) is 0 Å². The summed E-state index contributed by atoms with van der Waals surface area (Å²) in [6, 6.07) is 10.7. The third kappa shape index (κ3) is 2.46. The zero-order valence-electron chi connectivity index (χ0n) is 7.70. The van der Waals surface area contributed by atoms with Crippen LogP contribution in [-0.4, -0.2) is 19.2 Å². The third-order valence-corrected chi connectivity index (χ3v) is 2.40. The van der Waals surface area contributed by atoms with Gasteiger partial charge in [-0.05, 0) is 31.5 Å². The van der Waals surface area contributed by atoms with Crippen LogP contribution in [-0.2, 0) is 0 Å². The van der Waals surface area contributed by atoms with Gasteiger partial charge >= 0.3 is 0 Å². The lowest BCUT2D eigenvalue weighted by Crippen LogP contribution is -2.43. The van der Waals surface area contributed by atoms with Gasteiger partial charge in [0.25, 0.3) is 0 Å². The SMILES string of the molecule is c1ccc(OCCC2CCN2)cc1. The molecule has 1 fully saturated rings. The normalized spacial score (nSPS) is 20.8. The molecule has 0 aliphatic carbocycles. The van der Waals surface area contributed by atoms with Crippen LogP contribution in [0, 0.1) is 0 Å². The number of ether oxygens (including phenoxy) is 1. The highest BCUT2D eigenvalue weighted by Gasteiger charge is 2.15. The molecule has 1 saturated heterocycles. The summed E-state index contributed by atoms with van der Waals surface area (Å²) in [5.41, 5.74) is 0. The number of para-hydroxylation sites is 1. The molecule has 1 aliphatic heterocycles. The predicted octanol–water partition coefficient (Wildman–Crippen LogP) is 1.82. The quantitative estimate of drug-likeness (QED) is 0.757. The molecule has 1 N–H and O–H groups in total. The Morgan fingerprint density at radius 1 is 1.31 bits per heavy atom. The van der Waals surface area contributed by atoms with Crippen LogP contribution in [0.5, 0.6) is 5.75 Å². The van der Waals surface area contributed by atoms with Gasteiger partial charge in [0.15, 0.2) is 0 Å². The van der Waals surface area contributed by atoms with E-state index in [1.165, 1.54) is 13.0 Å². The molecular formula is C11H15NO. The first-order valence-corrected chi connectivity index (χ1v) is 4.86. The van der Waals surface area contributed by atoms with Crippen LogP contribution in [0.2, 0.25) is 0 Å². The summed E-state index contributed by atoms with van der Waals surface area (Å²) in [6.45, 7) is 2.00. The Morgan fingerprint density at radius 2 is 2.08 bits per heavy atom. The lowest BCUT2D eigenvalue weighted by Gasteiger charge is -2.27. The first kappa shape index (κ1) is 8.57. The molecular weight excluding hydrogens is 162 g/mol. The number of nitrogens with one attached hydrogen (secondary N) is 1. The minimum atomic E-state index is 0.698. The maximum atomic E-state index is 5.57. The standard InChI is InChI=1S/C11H15NO/c1-2-4-11(5-3-1)13-9-7-10-6-8-12-10/h1-5,10,12H,6-9H2. The van der Waals surface area contributed by atoms with Crippen LogP contribution in [0.4, 0.5) is 0 Å². The van der Waals surface area contributed by atoms with E-state index in [-0.39, 0.29) is 0 Å². The first-order valence-electron chi connectivity index (χ1n) is 4.86. The molecule has 0 aromatic heterocycles. The molecule has 1 aliphatic rings. The minimum Gasteiger partial charge on any atom is -0.494 e. The van der Waals surface area contributed by atoms with E-state index in [1.54, 1.807) is 0 Å². The zero-order chi connectivity index (χ0) is 8.93. The number of hydrogen-bond donors (Lipinski definition) is 1. The van der Waals surface area contributed by atoms with Crippen molar-refractivity contribution in [1.82, 2.24) is 5.32 Å². The van der Waals surface area contributed by atoms with Crippen LogP contribution in [0.15, 0.2) is 30.3 Å². The van der Waals surface area contributed by atoms with Gasteiger partial charge in [-0.2, -0.15) is 0 Å². The van der Waals surface area contributed by atoms with Crippen molar-refractivity contribution in [2.45, 2.75) is 18.9 Å². The molecule has 0 radical (unpaired) electrons. The topological polar surface area (TPSA) is 21.3 Å². The van der Waals surface area contributed by atoms with Crippen molar-refractivity contribution in [3.05, 3.63) is 30.3 Å². The van der Waals surface area contributed by atoms with Crippen LogP contribution >= 0.6 is 0 Å². The molecule has 0 saturated carbocycles. The van der Waals surface area contributed by atoms with Crippen molar-refractivity contribution >= 4 is 0 Å².